The van der Waals surface area contributed by atoms with E-state index >= 15 is 0 Å². The van der Waals surface area contributed by atoms with Gasteiger partial charge in [-0.25, -0.2) is 4.39 Å². The summed E-state index contributed by atoms with van der Waals surface area (Å²) in [4.78, 5) is 2.09. The Morgan fingerprint density at radius 1 is 0.857 bits per heavy atom. The third kappa shape index (κ3) is 5.44. The van der Waals surface area contributed by atoms with Gasteiger partial charge in [-0.15, -0.1) is 0 Å². The first-order valence-electron chi connectivity index (χ1n) is 6.99. The van der Waals surface area contributed by atoms with E-state index < -0.39 is 0 Å². The zero-order valence-corrected chi connectivity index (χ0v) is 12.2. The molecule has 0 amide bonds. The minimum absolute atomic E-state index is 0.298. The van der Waals surface area contributed by atoms with Crippen molar-refractivity contribution in [3.63, 3.8) is 0 Å². The smallest absolute Gasteiger partial charge is 0.165 e. The van der Waals surface area contributed by atoms with Crippen LogP contribution < -0.4 is 9.47 Å². The molecule has 21 heavy (non-hydrogen) atoms. The number of halogens is 1. The Labute approximate surface area is 124 Å². The highest BCUT2D eigenvalue weighted by Gasteiger charge is 2.03. The van der Waals surface area contributed by atoms with Crippen LogP contribution in [-0.4, -0.2) is 38.3 Å². The molecule has 0 spiro atoms. The van der Waals surface area contributed by atoms with Crippen molar-refractivity contribution in [2.75, 3.05) is 33.4 Å². The molecule has 0 heterocycles. The van der Waals surface area contributed by atoms with Gasteiger partial charge in [-0.05, 0) is 31.3 Å². The summed E-state index contributed by atoms with van der Waals surface area (Å²) in [6.45, 7) is 2.56. The molecule has 0 aliphatic carbocycles. The summed E-state index contributed by atoms with van der Waals surface area (Å²) in [6.07, 6.45) is 0. The van der Waals surface area contributed by atoms with Gasteiger partial charge in [-0.3, -0.25) is 4.90 Å². The van der Waals surface area contributed by atoms with Crippen molar-refractivity contribution in [3.8, 4) is 11.5 Å². The van der Waals surface area contributed by atoms with E-state index in [9.17, 15) is 4.39 Å². The van der Waals surface area contributed by atoms with Crippen molar-refractivity contribution in [1.29, 1.82) is 0 Å². The minimum Gasteiger partial charge on any atom is -0.492 e. The average Bonchev–Trinajstić information content (AvgIpc) is 2.50. The molecular weight excluding hydrogens is 269 g/mol. The van der Waals surface area contributed by atoms with E-state index in [0.29, 0.717) is 25.5 Å². The second kappa shape index (κ2) is 8.27. The van der Waals surface area contributed by atoms with E-state index in [0.717, 1.165) is 12.3 Å². The molecule has 0 fully saturated rings. The van der Waals surface area contributed by atoms with Crippen molar-refractivity contribution in [2.45, 2.75) is 0 Å². The maximum Gasteiger partial charge on any atom is 0.165 e. The number of para-hydroxylation sites is 2. The highest BCUT2D eigenvalue weighted by Crippen LogP contribution is 2.15. The van der Waals surface area contributed by atoms with Crippen molar-refractivity contribution < 1.29 is 13.9 Å². The monoisotopic (exact) mass is 289 g/mol. The van der Waals surface area contributed by atoms with Crippen LogP contribution in [0.4, 0.5) is 4.39 Å². The van der Waals surface area contributed by atoms with Crippen LogP contribution in [0, 0.1) is 5.82 Å². The van der Waals surface area contributed by atoms with E-state index in [2.05, 4.69) is 4.90 Å². The number of rotatable bonds is 8. The fraction of sp³-hybridized carbons (Fsp3) is 0.294. The predicted octanol–water partition coefficient (Wildman–Crippen LogP) is 3.22. The molecule has 0 saturated heterocycles. The molecule has 2 rings (SSSR count). The van der Waals surface area contributed by atoms with Crippen molar-refractivity contribution >= 4 is 0 Å². The van der Waals surface area contributed by atoms with Crippen LogP contribution >= 0.6 is 0 Å². The standard InChI is InChI=1S/C17H20FNO2/c1-19(11-13-20-15-7-3-2-4-8-15)12-14-21-17-10-6-5-9-16(17)18/h2-10H,11-14H2,1H3. The lowest BCUT2D eigenvalue weighted by Crippen LogP contribution is -2.28. The van der Waals surface area contributed by atoms with E-state index in [1.54, 1.807) is 18.2 Å². The third-order valence-corrected chi connectivity index (χ3v) is 3.05. The molecule has 0 saturated carbocycles. The molecule has 0 bridgehead atoms. The highest BCUT2D eigenvalue weighted by atomic mass is 19.1. The summed E-state index contributed by atoms with van der Waals surface area (Å²) >= 11 is 0. The van der Waals surface area contributed by atoms with Gasteiger partial charge in [0.1, 0.15) is 19.0 Å². The number of benzene rings is 2. The summed E-state index contributed by atoms with van der Waals surface area (Å²) in [7, 11) is 1.99. The molecule has 0 aromatic heterocycles. The Kier molecular flexibility index (Phi) is 6.03. The first kappa shape index (κ1) is 15.3. The molecule has 0 atom stereocenters. The molecule has 0 radical (unpaired) electrons. The first-order chi connectivity index (χ1) is 10.3. The Morgan fingerprint density at radius 3 is 2.19 bits per heavy atom. The Morgan fingerprint density at radius 2 is 1.48 bits per heavy atom. The Bertz CT molecular complexity index is 533. The minimum atomic E-state index is -0.326. The summed E-state index contributed by atoms with van der Waals surface area (Å²) in [6, 6.07) is 16.1. The van der Waals surface area contributed by atoms with E-state index in [-0.39, 0.29) is 5.82 Å². The highest BCUT2D eigenvalue weighted by molar-refractivity contribution is 5.23. The molecule has 0 aliphatic heterocycles. The lowest BCUT2D eigenvalue weighted by molar-refractivity contribution is 0.199. The molecular formula is C17H20FNO2. The van der Waals surface area contributed by atoms with Gasteiger partial charge in [0.05, 0.1) is 0 Å². The normalized spacial score (nSPS) is 10.6. The van der Waals surface area contributed by atoms with Gasteiger partial charge in [-0.2, -0.15) is 0 Å². The second-order valence-electron chi connectivity index (χ2n) is 4.74. The zero-order valence-electron chi connectivity index (χ0n) is 12.2. The van der Waals surface area contributed by atoms with Gasteiger partial charge in [0.15, 0.2) is 11.6 Å². The number of nitrogens with zero attached hydrogens (tertiary/aromatic N) is 1. The second-order valence-corrected chi connectivity index (χ2v) is 4.74. The van der Waals surface area contributed by atoms with E-state index in [4.69, 9.17) is 9.47 Å². The van der Waals surface area contributed by atoms with Crippen LogP contribution in [-0.2, 0) is 0 Å². The lowest BCUT2D eigenvalue weighted by Gasteiger charge is -2.17. The van der Waals surface area contributed by atoms with E-state index in [1.807, 2.05) is 37.4 Å². The predicted molar refractivity (Wildman–Crippen MR) is 81.3 cm³/mol. The molecule has 2 aromatic carbocycles. The van der Waals surface area contributed by atoms with Crippen LogP contribution in [0.25, 0.3) is 0 Å². The van der Waals surface area contributed by atoms with Gasteiger partial charge in [-0.1, -0.05) is 30.3 Å². The maximum absolute atomic E-state index is 13.3. The van der Waals surface area contributed by atoms with Crippen LogP contribution in [0.15, 0.2) is 54.6 Å². The van der Waals surface area contributed by atoms with Crippen molar-refractivity contribution in [2.24, 2.45) is 0 Å². The van der Waals surface area contributed by atoms with Gasteiger partial charge in [0, 0.05) is 13.1 Å². The van der Waals surface area contributed by atoms with Crippen LogP contribution in [0.3, 0.4) is 0 Å². The van der Waals surface area contributed by atoms with Crippen molar-refractivity contribution in [3.05, 3.63) is 60.4 Å². The number of likely N-dealkylation sites (N-methyl/N-ethyl adjacent to an activating group) is 1. The number of hydrogen-bond acceptors (Lipinski definition) is 3. The zero-order chi connectivity index (χ0) is 14.9. The van der Waals surface area contributed by atoms with Crippen LogP contribution in [0.1, 0.15) is 0 Å². The average molecular weight is 289 g/mol. The lowest BCUT2D eigenvalue weighted by atomic mass is 10.3. The van der Waals surface area contributed by atoms with Gasteiger partial charge >= 0.3 is 0 Å². The fourth-order valence-corrected chi connectivity index (χ4v) is 1.82. The van der Waals surface area contributed by atoms with Crippen LogP contribution in [0.5, 0.6) is 11.5 Å². The van der Waals surface area contributed by atoms with Gasteiger partial charge in [0.2, 0.25) is 0 Å². The number of hydrogen-bond donors (Lipinski definition) is 0. The largest absolute Gasteiger partial charge is 0.492 e. The third-order valence-electron chi connectivity index (χ3n) is 3.05. The molecule has 3 nitrogen and oxygen atoms in total. The van der Waals surface area contributed by atoms with E-state index in [1.165, 1.54) is 6.07 Å². The molecule has 0 aliphatic rings. The molecule has 112 valence electrons. The summed E-state index contributed by atoms with van der Waals surface area (Å²) in [5, 5.41) is 0. The quantitative estimate of drug-likeness (QED) is 0.745. The SMILES string of the molecule is CN(CCOc1ccccc1)CCOc1ccccc1F. The summed E-state index contributed by atoms with van der Waals surface area (Å²) in [5.41, 5.74) is 0. The van der Waals surface area contributed by atoms with Gasteiger partial charge < -0.3 is 9.47 Å². The molecule has 0 unspecified atom stereocenters. The fourth-order valence-electron chi connectivity index (χ4n) is 1.82. The Hall–Kier alpha value is -2.07. The molecule has 4 heteroatoms. The summed E-state index contributed by atoms with van der Waals surface area (Å²) in [5.74, 6) is 0.840. The van der Waals surface area contributed by atoms with Crippen molar-refractivity contribution in [1.82, 2.24) is 4.90 Å². The first-order valence-corrected chi connectivity index (χ1v) is 6.99. The Balaban J connectivity index is 1.62. The number of ether oxygens (including phenoxy) is 2. The van der Waals surface area contributed by atoms with Gasteiger partial charge in [0.25, 0.3) is 0 Å². The van der Waals surface area contributed by atoms with Crippen LogP contribution in [0.2, 0.25) is 0 Å². The topological polar surface area (TPSA) is 21.7 Å². The molecule has 0 N–H and O–H groups in total. The molecule has 2 aromatic rings. The maximum atomic E-state index is 13.3. The summed E-state index contributed by atoms with van der Waals surface area (Å²) < 4.78 is 24.4.